The number of nitrogens with one attached hydrogen (secondary N) is 2. The Morgan fingerprint density at radius 2 is 2.08 bits per heavy atom. The molecule has 5 heteroatoms. The van der Waals surface area contributed by atoms with Crippen molar-refractivity contribution in [2.75, 3.05) is 13.1 Å². The maximum Gasteiger partial charge on any atom is 0.195 e. The van der Waals surface area contributed by atoms with Gasteiger partial charge in [0.25, 0.3) is 0 Å². The van der Waals surface area contributed by atoms with Crippen molar-refractivity contribution in [3.63, 3.8) is 0 Å². The van der Waals surface area contributed by atoms with Crippen LogP contribution in [-0.2, 0) is 0 Å². The van der Waals surface area contributed by atoms with Crippen LogP contribution in [0.3, 0.4) is 0 Å². The van der Waals surface area contributed by atoms with Crippen molar-refractivity contribution in [1.82, 2.24) is 15.9 Å². The van der Waals surface area contributed by atoms with Crippen LogP contribution in [0.4, 0.5) is 0 Å². The predicted molar refractivity (Wildman–Crippen MR) is 53.0 cm³/mol. The third kappa shape index (κ3) is 2.92. The summed E-state index contributed by atoms with van der Waals surface area (Å²) in [6, 6.07) is 0. The zero-order valence-corrected chi connectivity index (χ0v) is 8.16. The van der Waals surface area contributed by atoms with E-state index in [4.69, 9.17) is 18.1 Å². The first-order chi connectivity index (χ1) is 5.72. The van der Waals surface area contributed by atoms with Gasteiger partial charge >= 0.3 is 0 Å². The van der Waals surface area contributed by atoms with Crippen LogP contribution in [0.1, 0.15) is 19.8 Å². The second-order valence-electron chi connectivity index (χ2n) is 3.25. The first kappa shape index (κ1) is 9.70. The molecule has 1 aliphatic heterocycles. The molecular formula is C7H16N4S. The molecule has 4 nitrogen and oxygen atoms in total. The van der Waals surface area contributed by atoms with Gasteiger partial charge in [0, 0.05) is 13.1 Å². The van der Waals surface area contributed by atoms with Gasteiger partial charge in [-0.3, -0.25) is 10.9 Å². The van der Waals surface area contributed by atoms with Crippen molar-refractivity contribution in [3.05, 3.63) is 0 Å². The maximum absolute atomic E-state index is 5.14. The molecule has 1 rings (SSSR count). The lowest BCUT2D eigenvalue weighted by Gasteiger charge is -2.30. The normalized spacial score (nSPS) is 20.5. The van der Waals surface area contributed by atoms with E-state index in [2.05, 4.69) is 22.8 Å². The summed E-state index contributed by atoms with van der Waals surface area (Å²) in [5.41, 5.74) is 5.42. The first-order valence-electron chi connectivity index (χ1n) is 4.24. The molecular weight excluding hydrogens is 172 g/mol. The number of thiocarbonyl (C=S) groups is 1. The number of hydrogen-bond acceptors (Lipinski definition) is 3. The van der Waals surface area contributed by atoms with E-state index in [0.717, 1.165) is 19.0 Å². The van der Waals surface area contributed by atoms with Crippen LogP contribution in [-0.4, -0.2) is 23.2 Å². The maximum atomic E-state index is 5.14. The highest BCUT2D eigenvalue weighted by atomic mass is 32.1. The van der Waals surface area contributed by atoms with E-state index in [-0.39, 0.29) is 0 Å². The van der Waals surface area contributed by atoms with Gasteiger partial charge in [-0.15, -0.1) is 0 Å². The van der Waals surface area contributed by atoms with E-state index in [1.54, 1.807) is 0 Å². The Kier molecular flexibility index (Phi) is 3.71. The number of hydrogen-bond donors (Lipinski definition) is 3. The molecule has 1 heterocycles. The molecule has 1 fully saturated rings. The highest BCUT2D eigenvalue weighted by Gasteiger charge is 2.15. The quantitative estimate of drug-likeness (QED) is 0.306. The topological polar surface area (TPSA) is 53.3 Å². The van der Waals surface area contributed by atoms with Crippen molar-refractivity contribution < 1.29 is 0 Å². The Bertz CT molecular complexity index is 153. The average molecular weight is 188 g/mol. The summed E-state index contributed by atoms with van der Waals surface area (Å²) in [5.74, 6) is 5.97. The van der Waals surface area contributed by atoms with Gasteiger partial charge in [-0.1, -0.05) is 6.92 Å². The minimum atomic E-state index is 0.490. The summed E-state index contributed by atoms with van der Waals surface area (Å²) >= 11 is 4.88. The highest BCUT2D eigenvalue weighted by Crippen LogP contribution is 2.13. The SMILES string of the molecule is CC1CCN(NC(=S)NN)CC1. The first-order valence-corrected chi connectivity index (χ1v) is 4.65. The molecule has 0 spiro atoms. The van der Waals surface area contributed by atoms with Crippen molar-refractivity contribution in [3.8, 4) is 0 Å². The largest absolute Gasteiger partial charge is 0.300 e. The van der Waals surface area contributed by atoms with Crippen LogP contribution in [0.5, 0.6) is 0 Å². The molecule has 0 aromatic rings. The zero-order chi connectivity index (χ0) is 8.97. The van der Waals surface area contributed by atoms with Gasteiger partial charge in [-0.05, 0) is 31.0 Å². The fourth-order valence-electron chi connectivity index (χ4n) is 1.30. The van der Waals surface area contributed by atoms with Crippen LogP contribution in [0.15, 0.2) is 0 Å². The molecule has 4 N–H and O–H groups in total. The summed E-state index contributed by atoms with van der Waals surface area (Å²) in [7, 11) is 0. The molecule has 0 atom stereocenters. The second-order valence-corrected chi connectivity index (χ2v) is 3.66. The van der Waals surface area contributed by atoms with Gasteiger partial charge in [0.2, 0.25) is 0 Å². The van der Waals surface area contributed by atoms with Gasteiger partial charge in [0.05, 0.1) is 0 Å². The molecule has 70 valence electrons. The van der Waals surface area contributed by atoms with E-state index in [0.29, 0.717) is 5.11 Å². The zero-order valence-electron chi connectivity index (χ0n) is 7.34. The lowest BCUT2D eigenvalue weighted by molar-refractivity contribution is 0.162. The lowest BCUT2D eigenvalue weighted by atomic mass is 10.0. The number of piperidine rings is 1. The third-order valence-electron chi connectivity index (χ3n) is 2.17. The lowest BCUT2D eigenvalue weighted by Crippen LogP contribution is -2.51. The van der Waals surface area contributed by atoms with Crippen molar-refractivity contribution >= 4 is 17.3 Å². The monoisotopic (exact) mass is 188 g/mol. The van der Waals surface area contributed by atoms with Gasteiger partial charge < -0.3 is 0 Å². The van der Waals surface area contributed by atoms with E-state index in [1.165, 1.54) is 12.8 Å². The fourth-order valence-corrected chi connectivity index (χ4v) is 1.43. The molecule has 0 aromatic heterocycles. The molecule has 0 radical (unpaired) electrons. The molecule has 0 saturated carbocycles. The van der Waals surface area contributed by atoms with Gasteiger partial charge in [0.1, 0.15) is 0 Å². The standard InChI is InChI=1S/C7H16N4S/c1-6-2-4-11(5-3-6)10-7(12)9-8/h6H,2-5,8H2,1H3,(H2,9,10,12). The molecule has 1 saturated heterocycles. The Morgan fingerprint density at radius 3 is 2.58 bits per heavy atom. The van der Waals surface area contributed by atoms with Crippen LogP contribution in [0, 0.1) is 5.92 Å². The minimum absolute atomic E-state index is 0.490. The molecule has 0 aromatic carbocycles. The Hall–Kier alpha value is -0.390. The molecule has 0 unspecified atom stereocenters. The summed E-state index contributed by atoms with van der Waals surface area (Å²) in [6.07, 6.45) is 2.44. The van der Waals surface area contributed by atoms with Crippen molar-refractivity contribution in [2.24, 2.45) is 11.8 Å². The average Bonchev–Trinajstić information content (AvgIpc) is 2.09. The number of rotatable bonds is 1. The number of nitrogens with two attached hydrogens (primary N) is 1. The van der Waals surface area contributed by atoms with Crippen molar-refractivity contribution in [1.29, 1.82) is 0 Å². The molecule has 0 amide bonds. The van der Waals surface area contributed by atoms with Crippen LogP contribution < -0.4 is 16.7 Å². The van der Waals surface area contributed by atoms with E-state index >= 15 is 0 Å². The van der Waals surface area contributed by atoms with Gasteiger partial charge in [-0.25, -0.2) is 10.9 Å². The summed E-state index contributed by atoms with van der Waals surface area (Å²) in [6.45, 7) is 4.36. The molecule has 0 aliphatic carbocycles. The van der Waals surface area contributed by atoms with Crippen LogP contribution in [0.25, 0.3) is 0 Å². The Labute approximate surface area is 78.4 Å². The molecule has 0 bridgehead atoms. The van der Waals surface area contributed by atoms with Gasteiger partial charge in [0.15, 0.2) is 5.11 Å². The summed E-state index contributed by atoms with van der Waals surface area (Å²) in [4.78, 5) is 0. The Balaban J connectivity index is 2.21. The highest BCUT2D eigenvalue weighted by molar-refractivity contribution is 7.80. The molecule has 1 aliphatic rings. The predicted octanol–water partition coefficient (Wildman–Crippen LogP) is -0.0289. The van der Waals surface area contributed by atoms with Crippen LogP contribution >= 0.6 is 12.2 Å². The fraction of sp³-hybridized carbons (Fsp3) is 0.857. The van der Waals surface area contributed by atoms with E-state index in [9.17, 15) is 0 Å². The third-order valence-corrected chi connectivity index (χ3v) is 2.38. The van der Waals surface area contributed by atoms with Crippen molar-refractivity contribution in [2.45, 2.75) is 19.8 Å². The van der Waals surface area contributed by atoms with E-state index in [1.807, 2.05) is 0 Å². The van der Waals surface area contributed by atoms with Crippen LogP contribution in [0.2, 0.25) is 0 Å². The smallest absolute Gasteiger partial charge is 0.195 e. The summed E-state index contributed by atoms with van der Waals surface area (Å²) in [5, 5.41) is 2.59. The second kappa shape index (κ2) is 4.59. The number of hydrazine groups is 2. The Morgan fingerprint density at radius 1 is 1.50 bits per heavy atom. The molecule has 12 heavy (non-hydrogen) atoms. The number of nitrogens with zero attached hydrogens (tertiary/aromatic N) is 1. The van der Waals surface area contributed by atoms with Gasteiger partial charge in [-0.2, -0.15) is 0 Å². The summed E-state index contributed by atoms with van der Waals surface area (Å²) < 4.78 is 0. The van der Waals surface area contributed by atoms with E-state index < -0.39 is 0 Å². The minimum Gasteiger partial charge on any atom is -0.300 e.